The number of fused-ring (bicyclic) bond motifs is 1. The molecule has 1 aromatic rings. The summed E-state index contributed by atoms with van der Waals surface area (Å²) in [5.41, 5.74) is -0.366. The van der Waals surface area contributed by atoms with Crippen molar-refractivity contribution in [3.05, 3.63) is 20.8 Å². The third-order valence-electron chi connectivity index (χ3n) is 3.39. The lowest BCUT2D eigenvalue weighted by molar-refractivity contribution is 0.273. The van der Waals surface area contributed by atoms with Crippen LogP contribution in [0, 0.1) is 0 Å². The molecule has 1 aromatic heterocycles. The fourth-order valence-electron chi connectivity index (χ4n) is 2.42. The average Bonchev–Trinajstić information content (AvgIpc) is 2.77. The van der Waals surface area contributed by atoms with E-state index in [1.165, 1.54) is 0 Å². The summed E-state index contributed by atoms with van der Waals surface area (Å²) in [6.45, 7) is 4.96. The van der Waals surface area contributed by atoms with Gasteiger partial charge in [0.25, 0.3) is 5.56 Å². The van der Waals surface area contributed by atoms with Crippen molar-refractivity contribution in [2.45, 2.75) is 39.4 Å². The molecule has 0 saturated heterocycles. The number of unbranched alkanes of at least 4 members (excludes halogenated alkanes) is 1. The number of rotatable bonds is 5. The Labute approximate surface area is 110 Å². The largest absolute Gasteiger partial charge is 0.392 e. The van der Waals surface area contributed by atoms with E-state index >= 15 is 0 Å². The average molecular weight is 268 g/mol. The molecular formula is C12H20N4O3. The maximum atomic E-state index is 12.0. The Hall–Kier alpha value is -1.76. The van der Waals surface area contributed by atoms with Crippen molar-refractivity contribution in [3.63, 3.8) is 0 Å². The summed E-state index contributed by atoms with van der Waals surface area (Å²) in [7, 11) is 0. The second-order valence-electron chi connectivity index (χ2n) is 4.59. The van der Waals surface area contributed by atoms with Gasteiger partial charge in [0.15, 0.2) is 0 Å². The van der Waals surface area contributed by atoms with Gasteiger partial charge in [0.2, 0.25) is 0 Å². The van der Waals surface area contributed by atoms with E-state index in [0.717, 1.165) is 12.8 Å². The summed E-state index contributed by atoms with van der Waals surface area (Å²) in [4.78, 5) is 28.0. The van der Waals surface area contributed by atoms with Crippen LogP contribution < -0.4 is 21.5 Å². The van der Waals surface area contributed by atoms with Crippen LogP contribution in [0.3, 0.4) is 0 Å². The molecule has 0 saturated carbocycles. The molecule has 7 heteroatoms. The Morgan fingerprint density at radius 1 is 1.32 bits per heavy atom. The number of H-pyrrole nitrogens is 1. The summed E-state index contributed by atoms with van der Waals surface area (Å²) in [6, 6.07) is 0. The van der Waals surface area contributed by atoms with E-state index in [1.807, 2.05) is 13.8 Å². The van der Waals surface area contributed by atoms with E-state index in [0.29, 0.717) is 24.6 Å². The topological polar surface area (TPSA) is 90.4 Å². The number of aliphatic hydroxyl groups is 1. The quantitative estimate of drug-likeness (QED) is 0.694. The molecule has 7 nitrogen and oxygen atoms in total. The summed E-state index contributed by atoms with van der Waals surface area (Å²) in [5, 5.41) is 12.4. The van der Waals surface area contributed by atoms with Crippen LogP contribution in [0.4, 0.5) is 11.5 Å². The molecule has 1 unspecified atom stereocenters. The van der Waals surface area contributed by atoms with Crippen LogP contribution in [-0.4, -0.2) is 34.0 Å². The zero-order valence-electron chi connectivity index (χ0n) is 11.3. The molecule has 2 heterocycles. The molecule has 0 spiro atoms. The van der Waals surface area contributed by atoms with Gasteiger partial charge in [0.1, 0.15) is 17.7 Å². The van der Waals surface area contributed by atoms with E-state index in [-0.39, 0.29) is 12.8 Å². The smallest absolute Gasteiger partial charge is 0.330 e. The van der Waals surface area contributed by atoms with E-state index in [9.17, 15) is 14.7 Å². The molecule has 0 amide bonds. The van der Waals surface area contributed by atoms with Gasteiger partial charge in [0, 0.05) is 13.1 Å². The van der Waals surface area contributed by atoms with Gasteiger partial charge in [-0.15, -0.1) is 0 Å². The summed E-state index contributed by atoms with van der Waals surface area (Å²) in [6.07, 6.45) is 1.47. The van der Waals surface area contributed by atoms with Crippen molar-refractivity contribution >= 4 is 11.5 Å². The molecule has 0 aromatic carbocycles. The number of aromatic nitrogens is 2. The summed E-state index contributed by atoms with van der Waals surface area (Å²) < 4.78 is 1.54. The zero-order chi connectivity index (χ0) is 14.0. The van der Waals surface area contributed by atoms with Crippen LogP contribution in [0.5, 0.6) is 0 Å². The van der Waals surface area contributed by atoms with Gasteiger partial charge < -0.3 is 15.3 Å². The number of nitrogens with zero attached hydrogens (tertiary/aromatic N) is 2. The van der Waals surface area contributed by atoms with Gasteiger partial charge in [-0.05, 0) is 13.3 Å². The first-order valence-electron chi connectivity index (χ1n) is 6.65. The first kappa shape index (κ1) is 13.7. The maximum Gasteiger partial charge on any atom is 0.330 e. The minimum atomic E-state index is -0.405. The number of aromatic amines is 1. The van der Waals surface area contributed by atoms with E-state index in [1.54, 1.807) is 9.47 Å². The fraction of sp³-hybridized carbons (Fsp3) is 0.667. The second-order valence-corrected chi connectivity index (χ2v) is 4.59. The highest BCUT2D eigenvalue weighted by molar-refractivity contribution is 5.71. The number of nitrogens with one attached hydrogen (secondary N) is 2. The summed E-state index contributed by atoms with van der Waals surface area (Å²) >= 11 is 0. The molecule has 1 aliphatic rings. The maximum absolute atomic E-state index is 12.0. The number of anilines is 2. The minimum Gasteiger partial charge on any atom is -0.392 e. The van der Waals surface area contributed by atoms with Crippen molar-refractivity contribution in [1.29, 1.82) is 0 Å². The van der Waals surface area contributed by atoms with Gasteiger partial charge in [0.05, 0.1) is 6.61 Å². The lowest BCUT2D eigenvalue weighted by atomic mass is 10.3. The molecule has 2 rings (SSSR count). The van der Waals surface area contributed by atoms with Gasteiger partial charge >= 0.3 is 5.69 Å². The van der Waals surface area contributed by atoms with Crippen molar-refractivity contribution < 1.29 is 5.11 Å². The Morgan fingerprint density at radius 3 is 2.63 bits per heavy atom. The standard InChI is InChI=1S/C12H20N4O3/c1-3-5-6-16-10-9(11(18)14-12(16)19)15(4-2)8(7-17)13-10/h8,13,17H,3-7H2,1-2H3,(H,14,18,19). The molecule has 1 atom stereocenters. The Morgan fingerprint density at radius 2 is 2.05 bits per heavy atom. The Kier molecular flexibility index (Phi) is 3.94. The first-order chi connectivity index (χ1) is 9.13. The predicted molar refractivity (Wildman–Crippen MR) is 73.7 cm³/mol. The lowest BCUT2D eigenvalue weighted by Crippen LogP contribution is -2.40. The molecule has 106 valence electrons. The molecule has 3 N–H and O–H groups in total. The van der Waals surface area contributed by atoms with Crippen molar-refractivity contribution in [1.82, 2.24) is 9.55 Å². The molecule has 19 heavy (non-hydrogen) atoms. The van der Waals surface area contributed by atoms with Gasteiger partial charge in [-0.25, -0.2) is 4.79 Å². The third-order valence-corrected chi connectivity index (χ3v) is 3.39. The Bertz CT molecular complexity index is 563. The number of hydrogen-bond acceptors (Lipinski definition) is 5. The van der Waals surface area contributed by atoms with Crippen molar-refractivity contribution in [2.75, 3.05) is 23.4 Å². The second kappa shape index (κ2) is 5.48. The molecule has 0 bridgehead atoms. The predicted octanol–water partition coefficient (Wildman–Crippen LogP) is -0.0931. The Balaban J connectivity index is 2.54. The molecular weight excluding hydrogens is 248 g/mol. The number of hydrogen-bond donors (Lipinski definition) is 3. The van der Waals surface area contributed by atoms with Crippen molar-refractivity contribution in [3.8, 4) is 0 Å². The molecule has 0 fully saturated rings. The van der Waals surface area contributed by atoms with E-state index in [2.05, 4.69) is 10.3 Å². The number of likely N-dealkylation sites (N-methyl/N-ethyl adjacent to an activating group) is 1. The fourth-order valence-corrected chi connectivity index (χ4v) is 2.42. The van der Waals surface area contributed by atoms with Crippen LogP contribution >= 0.6 is 0 Å². The van der Waals surface area contributed by atoms with Gasteiger partial charge in [-0.2, -0.15) is 0 Å². The van der Waals surface area contributed by atoms with Gasteiger partial charge in [-0.3, -0.25) is 14.3 Å². The molecule has 1 aliphatic heterocycles. The summed E-state index contributed by atoms with van der Waals surface area (Å²) in [5.74, 6) is 0.517. The highest BCUT2D eigenvalue weighted by Gasteiger charge is 2.32. The third kappa shape index (κ3) is 2.25. The normalized spacial score (nSPS) is 17.4. The van der Waals surface area contributed by atoms with E-state index in [4.69, 9.17) is 0 Å². The monoisotopic (exact) mass is 268 g/mol. The highest BCUT2D eigenvalue weighted by atomic mass is 16.3. The van der Waals surface area contributed by atoms with Crippen LogP contribution in [0.1, 0.15) is 26.7 Å². The first-order valence-corrected chi connectivity index (χ1v) is 6.65. The van der Waals surface area contributed by atoms with E-state index < -0.39 is 11.2 Å². The van der Waals surface area contributed by atoms with Crippen LogP contribution in [0.2, 0.25) is 0 Å². The van der Waals surface area contributed by atoms with Crippen LogP contribution in [-0.2, 0) is 6.54 Å². The van der Waals surface area contributed by atoms with Crippen molar-refractivity contribution in [2.24, 2.45) is 0 Å². The number of aliphatic hydroxyl groups excluding tert-OH is 1. The minimum absolute atomic E-state index is 0.121. The van der Waals surface area contributed by atoms with Gasteiger partial charge in [-0.1, -0.05) is 13.3 Å². The SMILES string of the molecule is CCCCn1c2c(c(=O)[nH]c1=O)N(CC)C(CO)N2. The molecule has 0 radical (unpaired) electrons. The van der Waals surface area contributed by atoms with Crippen LogP contribution in [0.15, 0.2) is 9.59 Å². The van der Waals surface area contributed by atoms with Crippen LogP contribution in [0.25, 0.3) is 0 Å². The molecule has 0 aliphatic carbocycles. The lowest BCUT2D eigenvalue weighted by Gasteiger charge is -2.22. The highest BCUT2D eigenvalue weighted by Crippen LogP contribution is 2.29. The zero-order valence-corrected chi connectivity index (χ0v) is 11.3.